The largest absolute Gasteiger partial charge is 0.494 e. The van der Waals surface area contributed by atoms with Crippen LogP contribution in [0.25, 0.3) is 0 Å². The molecule has 0 bridgehead atoms. The van der Waals surface area contributed by atoms with E-state index in [2.05, 4.69) is 15.4 Å². The highest BCUT2D eigenvalue weighted by atomic mass is 16.5. The van der Waals surface area contributed by atoms with Gasteiger partial charge in [0.25, 0.3) is 0 Å². The van der Waals surface area contributed by atoms with Crippen molar-refractivity contribution in [2.24, 2.45) is 0 Å². The number of carbonyl (C=O) groups is 1. The molecule has 22 heavy (non-hydrogen) atoms. The van der Waals surface area contributed by atoms with Gasteiger partial charge >= 0.3 is 6.03 Å². The first-order chi connectivity index (χ1) is 10.6. The Labute approximate surface area is 129 Å². The van der Waals surface area contributed by atoms with Gasteiger partial charge in [-0.05, 0) is 31.5 Å². The molecule has 0 saturated heterocycles. The summed E-state index contributed by atoms with van der Waals surface area (Å²) in [4.78, 5) is 17.7. The Bertz CT molecular complexity index is 626. The lowest BCUT2D eigenvalue weighted by atomic mass is 10.2. The first-order valence-corrected chi connectivity index (χ1v) is 7.25. The average Bonchev–Trinajstić information content (AvgIpc) is 2.95. The minimum atomic E-state index is -0.254. The smallest absolute Gasteiger partial charge is 0.324 e. The fourth-order valence-electron chi connectivity index (χ4n) is 1.94. The number of amides is 2. The van der Waals surface area contributed by atoms with Gasteiger partial charge in [0.2, 0.25) is 5.95 Å². The predicted octanol–water partition coefficient (Wildman–Crippen LogP) is 2.36. The Morgan fingerprint density at radius 3 is 2.91 bits per heavy atom. The van der Waals surface area contributed by atoms with Crippen LogP contribution in [0.4, 0.5) is 10.7 Å². The maximum Gasteiger partial charge on any atom is 0.324 e. The molecule has 0 aliphatic heterocycles. The number of urea groups is 1. The van der Waals surface area contributed by atoms with Crippen LogP contribution in [0.2, 0.25) is 0 Å². The molecule has 0 radical (unpaired) electrons. The zero-order chi connectivity index (χ0) is 15.9. The van der Waals surface area contributed by atoms with E-state index in [0.29, 0.717) is 25.6 Å². The molecular formula is C15H21N5O2. The van der Waals surface area contributed by atoms with E-state index in [1.165, 1.54) is 0 Å². The number of anilines is 1. The zero-order valence-corrected chi connectivity index (χ0v) is 13.1. The van der Waals surface area contributed by atoms with E-state index in [4.69, 9.17) is 4.74 Å². The molecule has 0 unspecified atom stereocenters. The van der Waals surface area contributed by atoms with Crippen LogP contribution < -0.4 is 10.1 Å². The Balaban J connectivity index is 1.94. The fourth-order valence-corrected chi connectivity index (χ4v) is 1.94. The first kappa shape index (κ1) is 15.8. The van der Waals surface area contributed by atoms with Gasteiger partial charge in [0.05, 0.1) is 6.61 Å². The van der Waals surface area contributed by atoms with Gasteiger partial charge in [-0.15, -0.1) is 5.10 Å². The molecule has 0 aliphatic rings. The predicted molar refractivity (Wildman–Crippen MR) is 83.8 cm³/mol. The number of benzene rings is 1. The van der Waals surface area contributed by atoms with Gasteiger partial charge < -0.3 is 9.64 Å². The van der Waals surface area contributed by atoms with Crippen molar-refractivity contribution >= 4 is 12.0 Å². The summed E-state index contributed by atoms with van der Waals surface area (Å²) >= 11 is 0. The molecule has 1 N–H and O–H groups in total. The second-order valence-corrected chi connectivity index (χ2v) is 4.79. The van der Waals surface area contributed by atoms with Gasteiger partial charge in [0, 0.05) is 20.1 Å². The summed E-state index contributed by atoms with van der Waals surface area (Å²) in [5.41, 5.74) is 0.996. The number of carbonyl (C=O) groups excluding carboxylic acids is 1. The van der Waals surface area contributed by atoms with Crippen molar-refractivity contribution in [3.8, 4) is 5.75 Å². The molecular weight excluding hydrogens is 282 g/mol. The highest BCUT2D eigenvalue weighted by molar-refractivity contribution is 5.87. The Morgan fingerprint density at radius 2 is 2.23 bits per heavy atom. The number of aromatic nitrogens is 3. The zero-order valence-electron chi connectivity index (χ0n) is 13.1. The maximum atomic E-state index is 12.1. The van der Waals surface area contributed by atoms with Crippen LogP contribution in [0.1, 0.15) is 19.4 Å². The third-order valence-corrected chi connectivity index (χ3v) is 3.06. The van der Waals surface area contributed by atoms with Crippen LogP contribution >= 0.6 is 0 Å². The summed E-state index contributed by atoms with van der Waals surface area (Å²) in [5, 5.41) is 6.79. The average molecular weight is 303 g/mol. The summed E-state index contributed by atoms with van der Waals surface area (Å²) < 4.78 is 7.11. The molecule has 2 amide bonds. The van der Waals surface area contributed by atoms with Crippen molar-refractivity contribution in [2.75, 3.05) is 19.0 Å². The van der Waals surface area contributed by atoms with Crippen molar-refractivity contribution in [3.63, 3.8) is 0 Å². The van der Waals surface area contributed by atoms with Crippen molar-refractivity contribution in [1.82, 2.24) is 19.7 Å². The molecule has 7 heteroatoms. The number of aryl methyl sites for hydroxylation is 1. The molecule has 0 saturated carbocycles. The minimum absolute atomic E-state index is 0.254. The lowest BCUT2D eigenvalue weighted by Crippen LogP contribution is -2.31. The molecule has 118 valence electrons. The third-order valence-electron chi connectivity index (χ3n) is 3.06. The number of nitrogens with one attached hydrogen (secondary N) is 1. The first-order valence-electron chi connectivity index (χ1n) is 7.25. The molecule has 0 atom stereocenters. The Hall–Kier alpha value is -2.57. The van der Waals surface area contributed by atoms with E-state index < -0.39 is 0 Å². The van der Waals surface area contributed by atoms with E-state index in [-0.39, 0.29) is 6.03 Å². The van der Waals surface area contributed by atoms with E-state index >= 15 is 0 Å². The lowest BCUT2D eigenvalue weighted by molar-refractivity contribution is 0.220. The van der Waals surface area contributed by atoms with Crippen LogP contribution in [0.3, 0.4) is 0 Å². The fraction of sp³-hybridized carbons (Fsp3) is 0.400. The monoisotopic (exact) mass is 303 g/mol. The summed E-state index contributed by atoms with van der Waals surface area (Å²) in [6, 6.07) is 7.44. The number of nitrogens with zero attached hydrogens (tertiary/aromatic N) is 4. The summed E-state index contributed by atoms with van der Waals surface area (Å²) in [6.07, 6.45) is 1.58. The number of hydrogen-bond acceptors (Lipinski definition) is 4. The van der Waals surface area contributed by atoms with Gasteiger partial charge in [-0.2, -0.15) is 0 Å². The minimum Gasteiger partial charge on any atom is -0.494 e. The van der Waals surface area contributed by atoms with Crippen LogP contribution in [-0.4, -0.2) is 39.4 Å². The van der Waals surface area contributed by atoms with Gasteiger partial charge in [-0.1, -0.05) is 12.1 Å². The molecule has 0 spiro atoms. The van der Waals surface area contributed by atoms with Crippen LogP contribution in [0.15, 0.2) is 30.6 Å². The maximum absolute atomic E-state index is 12.1. The van der Waals surface area contributed by atoms with Gasteiger partial charge in [0.15, 0.2) is 0 Å². The van der Waals surface area contributed by atoms with Crippen LogP contribution in [-0.2, 0) is 13.1 Å². The second-order valence-electron chi connectivity index (χ2n) is 4.79. The number of ether oxygens (including phenoxy) is 1. The molecule has 2 rings (SSSR count). The SMILES string of the molecule is CCOc1cccc(CN(C)C(=O)Nc2ncn(CC)n2)c1. The molecule has 7 nitrogen and oxygen atoms in total. The molecule has 2 aromatic rings. The Kier molecular flexibility index (Phi) is 5.35. The normalized spacial score (nSPS) is 10.3. The quantitative estimate of drug-likeness (QED) is 0.889. The highest BCUT2D eigenvalue weighted by Crippen LogP contribution is 2.14. The lowest BCUT2D eigenvalue weighted by Gasteiger charge is -2.17. The van der Waals surface area contributed by atoms with Crippen LogP contribution in [0, 0.1) is 0 Å². The van der Waals surface area contributed by atoms with Gasteiger partial charge in [0.1, 0.15) is 12.1 Å². The van der Waals surface area contributed by atoms with Crippen LogP contribution in [0.5, 0.6) is 5.75 Å². The van der Waals surface area contributed by atoms with Crippen molar-refractivity contribution in [2.45, 2.75) is 26.9 Å². The molecule has 1 aromatic heterocycles. The second kappa shape index (κ2) is 7.44. The molecule has 0 aliphatic carbocycles. The van der Waals surface area contributed by atoms with Gasteiger partial charge in [-0.25, -0.2) is 9.78 Å². The van der Waals surface area contributed by atoms with Crippen molar-refractivity contribution in [1.29, 1.82) is 0 Å². The number of rotatable bonds is 6. The number of hydrogen-bond donors (Lipinski definition) is 1. The van der Waals surface area contributed by atoms with E-state index in [1.54, 1.807) is 23.0 Å². The van der Waals surface area contributed by atoms with E-state index in [1.807, 2.05) is 38.1 Å². The standard InChI is InChI=1S/C15H21N5O2/c1-4-20-11-16-14(18-20)17-15(21)19(3)10-12-7-6-8-13(9-12)22-5-2/h6-9,11H,4-5,10H2,1-3H3,(H,17,18,21). The topological polar surface area (TPSA) is 72.3 Å². The summed E-state index contributed by atoms with van der Waals surface area (Å²) in [6.45, 7) is 5.70. The molecule has 0 fully saturated rings. The molecule has 1 aromatic carbocycles. The Morgan fingerprint density at radius 1 is 1.41 bits per heavy atom. The van der Waals surface area contributed by atoms with E-state index in [9.17, 15) is 4.79 Å². The summed E-state index contributed by atoms with van der Waals surface area (Å²) in [7, 11) is 1.72. The third kappa shape index (κ3) is 4.21. The molecule has 1 heterocycles. The van der Waals surface area contributed by atoms with E-state index in [0.717, 1.165) is 11.3 Å². The van der Waals surface area contributed by atoms with Crippen molar-refractivity contribution in [3.05, 3.63) is 36.2 Å². The van der Waals surface area contributed by atoms with Crippen molar-refractivity contribution < 1.29 is 9.53 Å². The van der Waals surface area contributed by atoms with Gasteiger partial charge in [-0.3, -0.25) is 10.00 Å². The highest BCUT2D eigenvalue weighted by Gasteiger charge is 2.12. The summed E-state index contributed by atoms with van der Waals surface area (Å²) in [5.74, 6) is 1.11.